The summed E-state index contributed by atoms with van der Waals surface area (Å²) < 4.78 is 0. The lowest BCUT2D eigenvalue weighted by molar-refractivity contribution is -0.160. The van der Waals surface area contributed by atoms with Crippen molar-refractivity contribution in [2.75, 3.05) is 20.1 Å². The molecular weight excluding hydrogens is 196 g/mol. The standard InChI is InChI=1S/C10H18N2O3/c1-10(9(14)15)5-3-4-6-12(10)8(13)7-11-2/h11H,3-7H2,1-2H3,(H,14,15). The Morgan fingerprint density at radius 2 is 2.13 bits per heavy atom. The minimum Gasteiger partial charge on any atom is -0.480 e. The molecule has 15 heavy (non-hydrogen) atoms. The quantitative estimate of drug-likeness (QED) is 0.697. The smallest absolute Gasteiger partial charge is 0.329 e. The number of carboxylic acid groups (broad SMARTS) is 1. The topological polar surface area (TPSA) is 69.6 Å². The van der Waals surface area contributed by atoms with Crippen LogP contribution in [-0.4, -0.2) is 47.6 Å². The molecule has 0 aromatic rings. The van der Waals surface area contributed by atoms with Crippen molar-refractivity contribution in [3.05, 3.63) is 0 Å². The van der Waals surface area contributed by atoms with Gasteiger partial charge >= 0.3 is 5.97 Å². The molecule has 0 aromatic heterocycles. The Morgan fingerprint density at radius 1 is 1.47 bits per heavy atom. The number of aliphatic carboxylic acids is 1. The van der Waals surface area contributed by atoms with Crippen LogP contribution in [0.25, 0.3) is 0 Å². The van der Waals surface area contributed by atoms with Crippen LogP contribution in [0.4, 0.5) is 0 Å². The first-order chi connectivity index (χ1) is 7.02. The highest BCUT2D eigenvalue weighted by Gasteiger charge is 2.43. The maximum atomic E-state index is 11.7. The van der Waals surface area contributed by atoms with Crippen molar-refractivity contribution in [3.63, 3.8) is 0 Å². The van der Waals surface area contributed by atoms with Crippen LogP contribution in [0.3, 0.4) is 0 Å². The molecule has 0 aliphatic carbocycles. The van der Waals surface area contributed by atoms with E-state index in [1.807, 2.05) is 0 Å². The number of hydrogen-bond acceptors (Lipinski definition) is 3. The first-order valence-electron chi connectivity index (χ1n) is 5.21. The lowest BCUT2D eigenvalue weighted by atomic mass is 9.88. The largest absolute Gasteiger partial charge is 0.480 e. The fourth-order valence-electron chi connectivity index (χ4n) is 1.99. The molecule has 0 aromatic carbocycles. The Balaban J connectivity index is 2.82. The van der Waals surface area contributed by atoms with Gasteiger partial charge in [0.2, 0.25) is 5.91 Å². The van der Waals surface area contributed by atoms with Crippen LogP contribution in [0.5, 0.6) is 0 Å². The molecule has 0 spiro atoms. The van der Waals surface area contributed by atoms with Gasteiger partial charge in [-0.1, -0.05) is 0 Å². The van der Waals surface area contributed by atoms with Gasteiger partial charge in [0.25, 0.3) is 0 Å². The van der Waals surface area contributed by atoms with E-state index >= 15 is 0 Å². The summed E-state index contributed by atoms with van der Waals surface area (Å²) in [4.78, 5) is 24.4. The molecule has 0 saturated carbocycles. The van der Waals surface area contributed by atoms with E-state index in [-0.39, 0.29) is 12.5 Å². The average molecular weight is 214 g/mol. The van der Waals surface area contributed by atoms with Crippen molar-refractivity contribution < 1.29 is 14.7 Å². The first kappa shape index (κ1) is 12.0. The van der Waals surface area contributed by atoms with Crippen LogP contribution < -0.4 is 5.32 Å². The summed E-state index contributed by atoms with van der Waals surface area (Å²) in [6.07, 6.45) is 2.29. The van der Waals surface area contributed by atoms with Crippen LogP contribution in [0.15, 0.2) is 0 Å². The normalized spacial score (nSPS) is 26.4. The fourth-order valence-corrected chi connectivity index (χ4v) is 1.99. The van der Waals surface area contributed by atoms with Gasteiger partial charge < -0.3 is 15.3 Å². The van der Waals surface area contributed by atoms with Crippen molar-refractivity contribution in [3.8, 4) is 0 Å². The predicted octanol–water partition coefficient (Wildman–Crippen LogP) is 0.0616. The monoisotopic (exact) mass is 214 g/mol. The van der Waals surface area contributed by atoms with E-state index < -0.39 is 11.5 Å². The van der Waals surface area contributed by atoms with Gasteiger partial charge in [-0.2, -0.15) is 0 Å². The Morgan fingerprint density at radius 3 is 2.67 bits per heavy atom. The zero-order valence-electron chi connectivity index (χ0n) is 9.25. The molecular formula is C10H18N2O3. The van der Waals surface area contributed by atoms with Gasteiger partial charge in [-0.25, -0.2) is 4.79 Å². The number of nitrogens with zero attached hydrogens (tertiary/aromatic N) is 1. The molecule has 1 heterocycles. The number of carbonyl (C=O) groups is 2. The second kappa shape index (κ2) is 4.61. The molecule has 1 rings (SSSR count). The molecule has 1 fully saturated rings. The number of likely N-dealkylation sites (tertiary alicyclic amines) is 1. The molecule has 86 valence electrons. The SMILES string of the molecule is CNCC(=O)N1CCCCC1(C)C(=O)O. The number of nitrogens with one attached hydrogen (secondary N) is 1. The summed E-state index contributed by atoms with van der Waals surface area (Å²) >= 11 is 0. The van der Waals surface area contributed by atoms with E-state index in [4.69, 9.17) is 0 Å². The van der Waals surface area contributed by atoms with E-state index in [9.17, 15) is 14.7 Å². The van der Waals surface area contributed by atoms with Crippen molar-refractivity contribution in [2.24, 2.45) is 0 Å². The molecule has 1 amide bonds. The fraction of sp³-hybridized carbons (Fsp3) is 0.800. The predicted molar refractivity (Wildman–Crippen MR) is 55.5 cm³/mol. The minimum atomic E-state index is -1.02. The van der Waals surface area contributed by atoms with Gasteiger partial charge in [0.05, 0.1) is 6.54 Å². The molecule has 1 aliphatic rings. The van der Waals surface area contributed by atoms with E-state index in [1.54, 1.807) is 14.0 Å². The molecule has 0 radical (unpaired) electrons. The highest BCUT2D eigenvalue weighted by Crippen LogP contribution is 2.28. The van der Waals surface area contributed by atoms with Crippen LogP contribution in [0.1, 0.15) is 26.2 Å². The Kier molecular flexibility index (Phi) is 3.68. The van der Waals surface area contributed by atoms with Gasteiger partial charge in [0.1, 0.15) is 5.54 Å². The van der Waals surface area contributed by atoms with Gasteiger partial charge in [-0.05, 0) is 33.2 Å². The number of amides is 1. The number of carbonyl (C=O) groups excluding carboxylic acids is 1. The molecule has 5 nitrogen and oxygen atoms in total. The summed E-state index contributed by atoms with van der Waals surface area (Å²) in [6, 6.07) is 0. The molecule has 1 unspecified atom stereocenters. The van der Waals surface area contributed by atoms with Gasteiger partial charge in [0.15, 0.2) is 0 Å². The molecule has 1 atom stereocenters. The van der Waals surface area contributed by atoms with Crippen LogP contribution in [-0.2, 0) is 9.59 Å². The van der Waals surface area contributed by atoms with Gasteiger partial charge in [0, 0.05) is 6.54 Å². The molecule has 5 heteroatoms. The zero-order chi connectivity index (χ0) is 11.5. The lowest BCUT2D eigenvalue weighted by Crippen LogP contribution is -2.58. The summed E-state index contributed by atoms with van der Waals surface area (Å²) in [7, 11) is 1.68. The van der Waals surface area contributed by atoms with Crippen molar-refractivity contribution in [2.45, 2.75) is 31.7 Å². The summed E-state index contributed by atoms with van der Waals surface area (Å²) in [5.41, 5.74) is -1.02. The van der Waals surface area contributed by atoms with Gasteiger partial charge in [-0.15, -0.1) is 0 Å². The lowest BCUT2D eigenvalue weighted by Gasteiger charge is -2.41. The maximum absolute atomic E-state index is 11.7. The first-order valence-corrected chi connectivity index (χ1v) is 5.21. The zero-order valence-corrected chi connectivity index (χ0v) is 9.25. The van der Waals surface area contributed by atoms with Crippen LogP contribution in [0.2, 0.25) is 0 Å². The van der Waals surface area contributed by atoms with Crippen LogP contribution >= 0.6 is 0 Å². The Bertz CT molecular complexity index is 267. The third-order valence-corrected chi connectivity index (χ3v) is 2.98. The summed E-state index contributed by atoms with van der Waals surface area (Å²) in [6.45, 7) is 2.37. The van der Waals surface area contributed by atoms with Crippen molar-refractivity contribution in [1.82, 2.24) is 10.2 Å². The maximum Gasteiger partial charge on any atom is 0.329 e. The highest BCUT2D eigenvalue weighted by molar-refractivity contribution is 5.87. The third kappa shape index (κ3) is 2.28. The van der Waals surface area contributed by atoms with E-state index in [0.717, 1.165) is 12.8 Å². The number of rotatable bonds is 3. The average Bonchev–Trinajstić information content (AvgIpc) is 2.18. The molecule has 1 aliphatic heterocycles. The van der Waals surface area contributed by atoms with Crippen molar-refractivity contribution in [1.29, 1.82) is 0 Å². The molecule has 1 saturated heterocycles. The van der Waals surface area contributed by atoms with Crippen molar-refractivity contribution >= 4 is 11.9 Å². The molecule has 2 N–H and O–H groups in total. The highest BCUT2D eigenvalue weighted by atomic mass is 16.4. The van der Waals surface area contributed by atoms with Gasteiger partial charge in [-0.3, -0.25) is 4.79 Å². The second-order valence-electron chi connectivity index (χ2n) is 4.11. The number of likely N-dealkylation sites (N-methyl/N-ethyl adjacent to an activating group) is 1. The second-order valence-corrected chi connectivity index (χ2v) is 4.11. The number of carboxylic acids is 1. The third-order valence-electron chi connectivity index (χ3n) is 2.98. The van der Waals surface area contributed by atoms with E-state index in [0.29, 0.717) is 13.0 Å². The van der Waals surface area contributed by atoms with E-state index in [1.165, 1.54) is 4.90 Å². The molecule has 0 bridgehead atoms. The number of hydrogen-bond donors (Lipinski definition) is 2. The minimum absolute atomic E-state index is 0.137. The Hall–Kier alpha value is -1.10. The summed E-state index contributed by atoms with van der Waals surface area (Å²) in [5, 5.41) is 11.9. The summed E-state index contributed by atoms with van der Waals surface area (Å²) in [5.74, 6) is -1.05. The Labute approximate surface area is 89.4 Å². The van der Waals surface area contributed by atoms with Crippen LogP contribution in [0, 0.1) is 0 Å². The number of piperidine rings is 1. The van der Waals surface area contributed by atoms with E-state index in [2.05, 4.69) is 5.32 Å².